The largest absolute Gasteiger partial charge is 1.00 e. The van der Waals surface area contributed by atoms with Crippen LogP contribution in [0.5, 0.6) is 0 Å². The molecule has 258 valence electrons. The average molecular weight is 793 g/mol. The van der Waals surface area contributed by atoms with Gasteiger partial charge in [-0.1, -0.05) is 88.3 Å². The van der Waals surface area contributed by atoms with Gasteiger partial charge in [-0.05, 0) is 0 Å². The van der Waals surface area contributed by atoms with Crippen molar-refractivity contribution in [2.75, 3.05) is 0 Å². The predicted molar refractivity (Wildman–Crippen MR) is 177 cm³/mol. The van der Waals surface area contributed by atoms with E-state index in [4.69, 9.17) is 0 Å². The van der Waals surface area contributed by atoms with Gasteiger partial charge in [0.1, 0.15) is 0 Å². The number of rotatable bonds is 3. The average Bonchev–Trinajstić information content (AvgIpc) is 3.67. The number of halogens is 8. The summed E-state index contributed by atoms with van der Waals surface area (Å²) in [5.74, 6) is 1.22. The van der Waals surface area contributed by atoms with Crippen molar-refractivity contribution in [3.63, 3.8) is 0 Å². The SMILES string of the molecule is CC(C)C1[C-]=CC(C(C)(C)C)=C1.FC(F)(F)c1cccc([C](=[Zr+2])c2cccc(C(F)(F)F)c2)c1.[Cl-].[Cl-].c1ccc2c(c1)[cH-]c1ccccc12. The van der Waals surface area contributed by atoms with E-state index in [-0.39, 0.29) is 41.4 Å². The Balaban J connectivity index is 0.000000265. The molecule has 0 N–H and O–H groups in total. The molecule has 0 aromatic heterocycles. The molecule has 0 amide bonds. The molecule has 0 heterocycles. The fourth-order valence-electron chi connectivity index (χ4n) is 5.10. The number of alkyl halides is 6. The van der Waals surface area contributed by atoms with E-state index in [9.17, 15) is 26.3 Å². The molecule has 0 nitrogen and oxygen atoms in total. The van der Waals surface area contributed by atoms with Crippen molar-refractivity contribution in [3.05, 3.63) is 149 Å². The first-order valence-electron chi connectivity index (χ1n) is 15.2. The van der Waals surface area contributed by atoms with Gasteiger partial charge in [0.25, 0.3) is 0 Å². The number of hydrogen-bond donors (Lipinski definition) is 0. The Hall–Kier alpha value is -2.86. The molecule has 0 radical (unpaired) electrons. The molecule has 5 aromatic carbocycles. The van der Waals surface area contributed by atoms with Crippen molar-refractivity contribution < 1.29 is 75.4 Å². The second-order valence-corrected chi connectivity index (χ2v) is 14.0. The fraction of sp³-hybridized carbons (Fsp3) is 0.250. The summed E-state index contributed by atoms with van der Waals surface area (Å²) in [5, 5.41) is 5.39. The van der Waals surface area contributed by atoms with E-state index in [0.29, 0.717) is 15.0 Å². The summed E-state index contributed by atoms with van der Waals surface area (Å²) < 4.78 is 76.7. The summed E-state index contributed by atoms with van der Waals surface area (Å²) in [6.45, 7) is 11.2. The zero-order valence-corrected chi connectivity index (χ0v) is 31.6. The van der Waals surface area contributed by atoms with Gasteiger partial charge in [-0.25, -0.2) is 6.08 Å². The maximum absolute atomic E-state index is 12.7. The van der Waals surface area contributed by atoms with Crippen LogP contribution in [0.15, 0.2) is 121 Å². The van der Waals surface area contributed by atoms with Crippen molar-refractivity contribution >= 4 is 24.8 Å². The zero-order valence-electron chi connectivity index (χ0n) is 27.6. The molecule has 1 unspecified atom stereocenters. The van der Waals surface area contributed by atoms with Gasteiger partial charge in [-0.3, -0.25) is 6.08 Å². The van der Waals surface area contributed by atoms with Crippen molar-refractivity contribution in [2.24, 2.45) is 17.3 Å². The van der Waals surface area contributed by atoms with Gasteiger partial charge in [0, 0.05) is 0 Å². The van der Waals surface area contributed by atoms with Gasteiger partial charge >= 0.3 is 137 Å². The molecule has 0 saturated carbocycles. The Morgan fingerprint density at radius 3 is 1.45 bits per heavy atom. The summed E-state index contributed by atoms with van der Waals surface area (Å²) >= 11 is 0.729. The Morgan fingerprint density at radius 1 is 0.673 bits per heavy atom. The molecule has 9 heteroatoms. The van der Waals surface area contributed by atoms with Crippen LogP contribution in [0.4, 0.5) is 26.3 Å². The summed E-state index contributed by atoms with van der Waals surface area (Å²) in [6, 6.07) is 28.4. The van der Waals surface area contributed by atoms with E-state index >= 15 is 0 Å². The summed E-state index contributed by atoms with van der Waals surface area (Å²) in [4.78, 5) is 0. The summed E-state index contributed by atoms with van der Waals surface area (Å²) in [6.07, 6.45) is -1.07. The zero-order chi connectivity index (χ0) is 34.6. The first-order chi connectivity index (χ1) is 21.9. The molecule has 1 aliphatic rings. The molecule has 5 aromatic rings. The Kier molecular flexibility index (Phi) is 15.0. The molecule has 1 atom stereocenters. The van der Waals surface area contributed by atoms with Gasteiger partial charge in [0.05, 0.1) is 0 Å². The maximum Gasteiger partial charge on any atom is -0.0771 e. The van der Waals surface area contributed by atoms with Crippen molar-refractivity contribution in [3.8, 4) is 0 Å². The van der Waals surface area contributed by atoms with Crippen LogP contribution in [0.2, 0.25) is 0 Å². The van der Waals surface area contributed by atoms with E-state index in [1.54, 1.807) is 0 Å². The van der Waals surface area contributed by atoms with Crippen LogP contribution in [0, 0.1) is 23.3 Å². The van der Waals surface area contributed by atoms with Gasteiger partial charge in [0.15, 0.2) is 0 Å². The first kappa shape index (κ1) is 42.3. The number of benzene rings is 4. The van der Waals surface area contributed by atoms with Crippen LogP contribution in [-0.4, -0.2) is 3.21 Å². The predicted octanol–water partition coefficient (Wildman–Crippen LogP) is 6.16. The monoisotopic (exact) mass is 790 g/mol. The molecule has 0 saturated heterocycles. The Labute approximate surface area is 311 Å². The molecule has 6 rings (SSSR count). The smallest absolute Gasteiger partial charge is 0.0771 e. The van der Waals surface area contributed by atoms with Gasteiger partial charge in [0.2, 0.25) is 0 Å². The minimum atomic E-state index is -4.49. The van der Waals surface area contributed by atoms with E-state index in [1.807, 2.05) is 0 Å². The van der Waals surface area contributed by atoms with Gasteiger partial charge < -0.3 is 24.8 Å². The van der Waals surface area contributed by atoms with Gasteiger partial charge in [-0.2, -0.15) is 11.6 Å². The molecule has 0 bridgehead atoms. The van der Waals surface area contributed by atoms with Crippen LogP contribution in [0.25, 0.3) is 21.5 Å². The van der Waals surface area contributed by atoms with Crippen LogP contribution < -0.4 is 24.8 Å². The van der Waals surface area contributed by atoms with E-state index < -0.39 is 23.5 Å². The normalized spacial score (nSPS) is 14.2. The van der Waals surface area contributed by atoms with Crippen molar-refractivity contribution in [1.29, 1.82) is 0 Å². The second kappa shape index (κ2) is 17.4. The molecule has 1 aliphatic carbocycles. The Morgan fingerprint density at radius 2 is 1.10 bits per heavy atom. The van der Waals surface area contributed by atoms with Crippen LogP contribution in [0.1, 0.15) is 56.9 Å². The second-order valence-electron chi connectivity index (χ2n) is 12.8. The van der Waals surface area contributed by atoms with E-state index in [1.165, 1.54) is 51.4 Å². The first-order valence-corrected chi connectivity index (χ1v) is 16.5. The van der Waals surface area contributed by atoms with Crippen molar-refractivity contribution in [1.82, 2.24) is 0 Å². The third-order valence-electron chi connectivity index (χ3n) is 7.85. The summed E-state index contributed by atoms with van der Waals surface area (Å²) in [5.41, 5.74) is 0.617. The van der Waals surface area contributed by atoms with Gasteiger partial charge in [-0.15, -0.1) is 39.7 Å². The third kappa shape index (κ3) is 11.3. The quantitative estimate of drug-likeness (QED) is 0.152. The number of allylic oxidation sites excluding steroid dienone is 4. The minimum absolute atomic E-state index is 0. The molecular weight excluding hydrogens is 757 g/mol. The molecular formula is C40H36Cl2F6Zr-2. The molecule has 0 fully saturated rings. The maximum atomic E-state index is 12.7. The van der Waals surface area contributed by atoms with E-state index in [2.05, 4.69) is 107 Å². The number of fused-ring (bicyclic) bond motifs is 3. The topological polar surface area (TPSA) is 0 Å². The Bertz CT molecular complexity index is 1800. The third-order valence-corrected chi connectivity index (χ3v) is 9.27. The van der Waals surface area contributed by atoms with E-state index in [0.717, 1.165) is 48.5 Å². The standard InChI is InChI=1S/C15H8F6.C13H9.C12H19.2ClH.Zr/c16-14(17,18)12-5-1-3-10(8-12)7-11-4-2-6-13(9-11)15(19,20)21;1-3-7-12-10(5-1)9-11-6-2-4-8-13(11)12;1-9(2)10-6-7-11(8-10)12(3,4)5;;;/h1-6,8-9H;1-9H;7-10H,1-5H3;2*1H;/q;2*-1;;;+2/p-2. The minimum Gasteiger partial charge on any atom is -1.00 e. The number of hydrogen-bond acceptors (Lipinski definition) is 0. The van der Waals surface area contributed by atoms with Crippen LogP contribution >= 0.6 is 0 Å². The fourth-order valence-corrected chi connectivity index (χ4v) is 5.86. The molecule has 0 aliphatic heterocycles. The summed E-state index contributed by atoms with van der Waals surface area (Å²) in [7, 11) is 0. The molecule has 0 spiro atoms. The van der Waals surface area contributed by atoms with Crippen LogP contribution in [-0.2, 0) is 36.6 Å². The molecule has 49 heavy (non-hydrogen) atoms. The van der Waals surface area contributed by atoms with Crippen LogP contribution in [0.3, 0.4) is 0 Å². The van der Waals surface area contributed by atoms with Crippen molar-refractivity contribution in [2.45, 2.75) is 47.0 Å².